The lowest BCUT2D eigenvalue weighted by Crippen LogP contribution is -2.17. The van der Waals surface area contributed by atoms with Gasteiger partial charge in [-0.25, -0.2) is 4.79 Å². The summed E-state index contributed by atoms with van der Waals surface area (Å²) < 4.78 is 37.1. The zero-order chi connectivity index (χ0) is 13.3. The first kappa shape index (κ1) is 12.9. The fraction of sp³-hybridized carbons (Fsp3) is 0.273. The van der Waals surface area contributed by atoms with E-state index < -0.39 is 23.8 Å². The number of nitrogens with zero attached hydrogens (tertiary/aromatic N) is 1. The average Bonchev–Trinajstić information content (AvgIpc) is 2.77. The van der Waals surface area contributed by atoms with Crippen LogP contribution in [-0.4, -0.2) is 27.9 Å². The summed E-state index contributed by atoms with van der Waals surface area (Å²) in [6.07, 6.45) is -4.37. The first-order chi connectivity index (χ1) is 8.38. The minimum Gasteiger partial charge on any atom is -0.480 e. The summed E-state index contributed by atoms with van der Waals surface area (Å²) in [5, 5.41) is 9.23. The van der Waals surface area contributed by atoms with Crippen molar-refractivity contribution in [1.82, 2.24) is 0 Å². The quantitative estimate of drug-likeness (QED) is 0.902. The number of halogens is 3. The topological polar surface area (TPSA) is 49.7 Å². The molecule has 96 valence electrons. The molecule has 18 heavy (non-hydrogen) atoms. The second-order valence-electron chi connectivity index (χ2n) is 3.67. The Morgan fingerprint density at radius 3 is 2.39 bits per heavy atom. The number of carboxylic acid groups (broad SMARTS) is 1. The van der Waals surface area contributed by atoms with Crippen molar-refractivity contribution in [1.29, 1.82) is 0 Å². The van der Waals surface area contributed by atoms with Crippen LogP contribution in [0.4, 0.5) is 13.2 Å². The highest BCUT2D eigenvalue weighted by Gasteiger charge is 2.30. The molecule has 0 saturated carbocycles. The Kier molecular flexibility index (Phi) is 3.34. The fourth-order valence-electron chi connectivity index (χ4n) is 1.46. The summed E-state index contributed by atoms with van der Waals surface area (Å²) in [6.45, 7) is 0. The van der Waals surface area contributed by atoms with Gasteiger partial charge in [-0.05, 0) is 12.1 Å². The monoisotopic (exact) mass is 275 g/mol. The molecular formula is C11H8F3NO2S. The Balaban J connectivity index is 2.21. The van der Waals surface area contributed by atoms with Crippen molar-refractivity contribution >= 4 is 22.8 Å². The van der Waals surface area contributed by atoms with E-state index in [0.29, 0.717) is 16.4 Å². The number of alkyl halides is 3. The normalized spacial score (nSPS) is 19.7. The highest BCUT2D eigenvalue weighted by Crippen LogP contribution is 2.30. The lowest BCUT2D eigenvalue weighted by Gasteiger charge is -2.07. The molecule has 2 rings (SSSR count). The van der Waals surface area contributed by atoms with Crippen LogP contribution in [0.15, 0.2) is 29.3 Å². The largest absolute Gasteiger partial charge is 0.480 e. The molecule has 7 heteroatoms. The van der Waals surface area contributed by atoms with E-state index in [9.17, 15) is 18.0 Å². The first-order valence-electron chi connectivity index (χ1n) is 4.99. The van der Waals surface area contributed by atoms with Gasteiger partial charge in [0.25, 0.3) is 0 Å². The summed E-state index contributed by atoms with van der Waals surface area (Å²) in [5.41, 5.74) is -0.221. The maximum absolute atomic E-state index is 12.4. The predicted octanol–water partition coefficient (Wildman–Crippen LogP) is 2.65. The van der Waals surface area contributed by atoms with E-state index in [-0.39, 0.29) is 0 Å². The molecular weight excluding hydrogens is 267 g/mol. The van der Waals surface area contributed by atoms with Gasteiger partial charge in [0.2, 0.25) is 0 Å². The second-order valence-corrected chi connectivity index (χ2v) is 4.68. The second kappa shape index (κ2) is 4.64. The van der Waals surface area contributed by atoms with Gasteiger partial charge in [-0.3, -0.25) is 4.99 Å². The van der Waals surface area contributed by atoms with E-state index in [1.54, 1.807) is 0 Å². The first-order valence-corrected chi connectivity index (χ1v) is 5.97. The maximum Gasteiger partial charge on any atom is 0.416 e. The van der Waals surface area contributed by atoms with Gasteiger partial charge in [0.15, 0.2) is 6.04 Å². The van der Waals surface area contributed by atoms with Crippen LogP contribution in [0.3, 0.4) is 0 Å². The summed E-state index contributed by atoms with van der Waals surface area (Å²) in [6, 6.07) is 3.73. The molecule has 0 bridgehead atoms. The van der Waals surface area contributed by atoms with E-state index >= 15 is 0 Å². The van der Waals surface area contributed by atoms with Crippen molar-refractivity contribution in [3.05, 3.63) is 35.4 Å². The molecule has 0 aromatic heterocycles. The van der Waals surface area contributed by atoms with E-state index in [0.717, 1.165) is 12.1 Å². The molecule has 1 aliphatic heterocycles. The van der Waals surface area contributed by atoms with Crippen LogP contribution in [0.25, 0.3) is 0 Å². The molecule has 0 amide bonds. The third kappa shape index (κ3) is 2.66. The number of carbonyl (C=O) groups is 1. The third-order valence-corrected chi connectivity index (χ3v) is 3.49. The summed E-state index contributed by atoms with van der Waals surface area (Å²) in [5.74, 6) is -0.712. The average molecular weight is 275 g/mol. The molecule has 0 aliphatic carbocycles. The minimum absolute atomic E-state index is 0.311. The molecule has 1 atom stereocenters. The molecule has 1 heterocycles. The maximum atomic E-state index is 12.4. The van der Waals surface area contributed by atoms with E-state index in [2.05, 4.69) is 4.99 Å². The number of benzene rings is 1. The number of rotatable bonds is 2. The molecule has 1 N–H and O–H groups in total. The number of hydrogen-bond acceptors (Lipinski definition) is 3. The van der Waals surface area contributed by atoms with Crippen LogP contribution in [0, 0.1) is 0 Å². The highest BCUT2D eigenvalue weighted by molar-refractivity contribution is 8.14. The summed E-state index contributed by atoms with van der Waals surface area (Å²) in [7, 11) is 0. The minimum atomic E-state index is -4.37. The number of aliphatic imine (C=N–C) groups is 1. The zero-order valence-corrected chi connectivity index (χ0v) is 9.76. The Bertz CT molecular complexity index is 496. The van der Waals surface area contributed by atoms with Crippen LogP contribution in [0.5, 0.6) is 0 Å². The van der Waals surface area contributed by atoms with E-state index in [1.807, 2.05) is 0 Å². The highest BCUT2D eigenvalue weighted by atomic mass is 32.2. The molecule has 0 saturated heterocycles. The van der Waals surface area contributed by atoms with Gasteiger partial charge >= 0.3 is 12.1 Å². The van der Waals surface area contributed by atoms with Crippen molar-refractivity contribution in [3.63, 3.8) is 0 Å². The number of carboxylic acids is 1. The van der Waals surface area contributed by atoms with Gasteiger partial charge in [-0.1, -0.05) is 12.1 Å². The zero-order valence-electron chi connectivity index (χ0n) is 8.94. The van der Waals surface area contributed by atoms with Crippen LogP contribution in [-0.2, 0) is 11.0 Å². The summed E-state index contributed by atoms with van der Waals surface area (Å²) in [4.78, 5) is 14.6. The van der Waals surface area contributed by atoms with Gasteiger partial charge in [-0.15, -0.1) is 11.8 Å². The summed E-state index contributed by atoms with van der Waals surface area (Å²) >= 11 is 1.23. The van der Waals surface area contributed by atoms with E-state index in [4.69, 9.17) is 5.11 Å². The molecule has 0 spiro atoms. The standard InChI is InChI=1S/C11H8F3NO2S/c12-11(13,14)7-3-1-6(2-4-7)9-15-8(5-18-9)10(16)17/h1-4,8H,5H2,(H,16,17). The predicted molar refractivity (Wildman–Crippen MR) is 61.9 cm³/mol. The number of aliphatic carboxylic acids is 1. The number of hydrogen-bond donors (Lipinski definition) is 1. The third-order valence-electron chi connectivity index (χ3n) is 2.40. The van der Waals surface area contributed by atoms with Gasteiger partial charge in [0.05, 0.1) is 10.6 Å². The Labute approximate surface area is 105 Å². The van der Waals surface area contributed by atoms with Crippen molar-refractivity contribution in [2.24, 2.45) is 4.99 Å². The van der Waals surface area contributed by atoms with Crippen LogP contribution in [0.1, 0.15) is 11.1 Å². The van der Waals surface area contributed by atoms with Crippen LogP contribution < -0.4 is 0 Å². The molecule has 3 nitrogen and oxygen atoms in total. The van der Waals surface area contributed by atoms with Crippen LogP contribution >= 0.6 is 11.8 Å². The fourth-order valence-corrected chi connectivity index (χ4v) is 2.50. The smallest absolute Gasteiger partial charge is 0.416 e. The van der Waals surface area contributed by atoms with Gasteiger partial charge in [-0.2, -0.15) is 13.2 Å². The molecule has 1 aliphatic rings. The number of thioether (sulfide) groups is 1. The Morgan fingerprint density at radius 2 is 1.94 bits per heavy atom. The lowest BCUT2D eigenvalue weighted by molar-refractivity contribution is -0.138. The van der Waals surface area contributed by atoms with Gasteiger partial charge < -0.3 is 5.11 Å². The van der Waals surface area contributed by atoms with Crippen LogP contribution in [0.2, 0.25) is 0 Å². The molecule has 0 fully saturated rings. The SMILES string of the molecule is O=C(O)C1CSC(c2ccc(C(F)(F)F)cc2)=N1. The lowest BCUT2D eigenvalue weighted by atomic mass is 10.1. The Morgan fingerprint density at radius 1 is 1.33 bits per heavy atom. The Hall–Kier alpha value is -1.50. The van der Waals surface area contributed by atoms with E-state index in [1.165, 1.54) is 23.9 Å². The molecule has 1 unspecified atom stereocenters. The van der Waals surface area contributed by atoms with Gasteiger partial charge in [0.1, 0.15) is 0 Å². The van der Waals surface area contributed by atoms with Crippen molar-refractivity contribution in [2.45, 2.75) is 12.2 Å². The molecule has 1 aromatic rings. The van der Waals surface area contributed by atoms with Gasteiger partial charge in [0, 0.05) is 11.3 Å². The molecule has 0 radical (unpaired) electrons. The van der Waals surface area contributed by atoms with Crippen molar-refractivity contribution in [3.8, 4) is 0 Å². The van der Waals surface area contributed by atoms with Crippen molar-refractivity contribution < 1.29 is 23.1 Å². The van der Waals surface area contributed by atoms with Crippen molar-refractivity contribution in [2.75, 3.05) is 5.75 Å². The molecule has 1 aromatic carbocycles.